The van der Waals surface area contributed by atoms with Gasteiger partial charge in [0.05, 0.1) is 15.0 Å². The molecule has 0 aliphatic carbocycles. The Morgan fingerprint density at radius 2 is 1.37 bits per heavy atom. The first-order valence-corrected chi connectivity index (χ1v) is 11.5. The second kappa shape index (κ2) is 6.68. The van der Waals surface area contributed by atoms with Gasteiger partial charge < -0.3 is 0 Å². The van der Waals surface area contributed by atoms with E-state index in [2.05, 4.69) is 0 Å². The Hall–Kier alpha value is -1.77. The van der Waals surface area contributed by atoms with E-state index in [1.54, 1.807) is 13.8 Å². The zero-order valence-corrected chi connectivity index (χ0v) is 17.3. The molecule has 0 saturated carbocycles. The number of halogens is 1. The van der Waals surface area contributed by atoms with Crippen LogP contribution in [0.3, 0.4) is 0 Å². The molecule has 0 atom stereocenters. The van der Waals surface area contributed by atoms with Gasteiger partial charge in [-0.2, -0.15) is 4.31 Å². The highest BCUT2D eigenvalue weighted by Crippen LogP contribution is 2.33. The Labute approximate surface area is 159 Å². The third kappa shape index (κ3) is 3.30. The fourth-order valence-electron chi connectivity index (χ4n) is 3.31. The SMILES string of the molecule is Cc1cc(C)c(C)c(S(=O)(=O)N2CC(S(=O)(=O)c3ccc(F)cc3)C2)c1C. The summed E-state index contributed by atoms with van der Waals surface area (Å²) < 4.78 is 65.7. The quantitative estimate of drug-likeness (QED) is 0.726. The molecule has 0 aromatic heterocycles. The predicted molar refractivity (Wildman–Crippen MR) is 102 cm³/mol. The van der Waals surface area contributed by atoms with Crippen LogP contribution < -0.4 is 0 Å². The van der Waals surface area contributed by atoms with Gasteiger partial charge in [-0.1, -0.05) is 6.07 Å². The van der Waals surface area contributed by atoms with E-state index in [-0.39, 0.29) is 22.9 Å². The van der Waals surface area contributed by atoms with Crippen LogP contribution in [0.4, 0.5) is 4.39 Å². The van der Waals surface area contributed by atoms with Crippen molar-refractivity contribution in [1.29, 1.82) is 0 Å². The second-order valence-electron chi connectivity index (χ2n) is 7.03. The van der Waals surface area contributed by atoms with Crippen molar-refractivity contribution in [3.63, 3.8) is 0 Å². The minimum Gasteiger partial charge on any atom is -0.223 e. The molecule has 0 N–H and O–H groups in total. The summed E-state index contributed by atoms with van der Waals surface area (Å²) in [6, 6.07) is 6.53. The standard InChI is InChI=1S/C19H22FNO4S2/c1-12-9-13(2)15(4)19(14(12)3)27(24,25)21-10-18(11-21)26(22,23)17-7-5-16(20)6-8-17/h5-9,18H,10-11H2,1-4H3. The third-order valence-electron chi connectivity index (χ3n) is 5.29. The van der Waals surface area contributed by atoms with Crippen LogP contribution in [0.1, 0.15) is 22.3 Å². The first-order valence-electron chi connectivity index (χ1n) is 8.53. The summed E-state index contributed by atoms with van der Waals surface area (Å²) in [6.45, 7) is 7.04. The molecule has 5 nitrogen and oxygen atoms in total. The van der Waals surface area contributed by atoms with Crippen LogP contribution >= 0.6 is 0 Å². The second-order valence-corrected chi connectivity index (χ2v) is 11.1. The van der Waals surface area contributed by atoms with Crippen molar-refractivity contribution >= 4 is 19.9 Å². The Morgan fingerprint density at radius 1 is 0.889 bits per heavy atom. The number of benzene rings is 2. The molecule has 0 unspecified atom stereocenters. The first-order chi connectivity index (χ1) is 12.5. The number of aryl methyl sites for hydroxylation is 2. The molecule has 146 valence electrons. The molecule has 1 aliphatic heterocycles. The van der Waals surface area contributed by atoms with Crippen LogP contribution in [0.15, 0.2) is 40.1 Å². The van der Waals surface area contributed by atoms with Crippen molar-refractivity contribution in [2.45, 2.75) is 42.7 Å². The Bertz CT molecular complexity index is 1080. The van der Waals surface area contributed by atoms with E-state index >= 15 is 0 Å². The highest BCUT2D eigenvalue weighted by Gasteiger charge is 2.45. The summed E-state index contributed by atoms with van der Waals surface area (Å²) in [5.41, 5.74) is 3.13. The molecular weight excluding hydrogens is 389 g/mol. The van der Waals surface area contributed by atoms with Gasteiger partial charge in [0.25, 0.3) is 0 Å². The van der Waals surface area contributed by atoms with Gasteiger partial charge in [-0.3, -0.25) is 0 Å². The minimum atomic E-state index is -3.78. The molecular formula is C19H22FNO4S2. The third-order valence-corrected chi connectivity index (χ3v) is 9.50. The lowest BCUT2D eigenvalue weighted by molar-refractivity contribution is 0.309. The van der Waals surface area contributed by atoms with Gasteiger partial charge in [0, 0.05) is 13.1 Å². The molecule has 3 rings (SSSR count). The number of sulfonamides is 1. The average Bonchev–Trinajstić information content (AvgIpc) is 2.51. The van der Waals surface area contributed by atoms with Gasteiger partial charge in [-0.05, 0) is 74.2 Å². The van der Waals surface area contributed by atoms with Crippen LogP contribution in [-0.2, 0) is 19.9 Å². The van der Waals surface area contributed by atoms with Crippen molar-refractivity contribution in [3.8, 4) is 0 Å². The van der Waals surface area contributed by atoms with Gasteiger partial charge in [0.15, 0.2) is 9.84 Å². The fraction of sp³-hybridized carbons (Fsp3) is 0.368. The fourth-order valence-corrected chi connectivity index (χ4v) is 7.25. The van der Waals surface area contributed by atoms with E-state index in [0.29, 0.717) is 11.1 Å². The van der Waals surface area contributed by atoms with Crippen molar-refractivity contribution in [3.05, 3.63) is 58.4 Å². The van der Waals surface area contributed by atoms with E-state index in [9.17, 15) is 21.2 Å². The topological polar surface area (TPSA) is 71.5 Å². The lowest BCUT2D eigenvalue weighted by Crippen LogP contribution is -2.56. The number of hydrogen-bond donors (Lipinski definition) is 0. The van der Waals surface area contributed by atoms with Crippen LogP contribution in [0.5, 0.6) is 0 Å². The normalized spacial score (nSPS) is 16.3. The molecule has 0 bridgehead atoms. The maximum atomic E-state index is 13.1. The van der Waals surface area contributed by atoms with Crippen molar-refractivity contribution in [1.82, 2.24) is 4.31 Å². The number of sulfone groups is 1. The zero-order chi connectivity index (χ0) is 20.1. The summed E-state index contributed by atoms with van der Waals surface area (Å²) in [5, 5.41) is -0.829. The van der Waals surface area contributed by atoms with E-state index < -0.39 is 30.9 Å². The highest BCUT2D eigenvalue weighted by molar-refractivity contribution is 7.92. The lowest BCUT2D eigenvalue weighted by atomic mass is 10.0. The zero-order valence-electron chi connectivity index (χ0n) is 15.7. The Morgan fingerprint density at radius 3 is 1.85 bits per heavy atom. The van der Waals surface area contributed by atoms with Crippen LogP contribution in [-0.4, -0.2) is 39.5 Å². The smallest absolute Gasteiger partial charge is 0.223 e. The molecule has 2 aromatic carbocycles. The number of nitrogens with zero attached hydrogens (tertiary/aromatic N) is 1. The van der Waals surface area contributed by atoms with E-state index in [1.165, 1.54) is 16.4 Å². The number of hydrogen-bond acceptors (Lipinski definition) is 4. The largest absolute Gasteiger partial charge is 0.243 e. The van der Waals surface area contributed by atoms with Gasteiger partial charge in [-0.15, -0.1) is 0 Å². The summed E-state index contributed by atoms with van der Waals surface area (Å²) in [6.07, 6.45) is 0. The van der Waals surface area contributed by atoms with Gasteiger partial charge in [-0.25, -0.2) is 21.2 Å². The van der Waals surface area contributed by atoms with Crippen molar-refractivity contribution in [2.75, 3.05) is 13.1 Å². The molecule has 2 aromatic rings. The van der Waals surface area contributed by atoms with E-state index in [4.69, 9.17) is 0 Å². The molecule has 0 radical (unpaired) electrons. The van der Waals surface area contributed by atoms with E-state index in [1.807, 2.05) is 19.9 Å². The highest BCUT2D eigenvalue weighted by atomic mass is 32.2. The maximum absolute atomic E-state index is 13.1. The maximum Gasteiger partial charge on any atom is 0.243 e. The molecule has 1 heterocycles. The molecule has 1 aliphatic rings. The Balaban J connectivity index is 1.89. The minimum absolute atomic E-state index is 0.00436. The molecule has 1 saturated heterocycles. The molecule has 8 heteroatoms. The predicted octanol–water partition coefficient (Wildman–Crippen LogP) is 2.91. The molecule has 0 spiro atoms. The average molecular weight is 412 g/mol. The summed E-state index contributed by atoms with van der Waals surface area (Å²) in [5.74, 6) is -0.521. The van der Waals surface area contributed by atoms with Crippen molar-refractivity contribution in [2.24, 2.45) is 0 Å². The van der Waals surface area contributed by atoms with Crippen molar-refractivity contribution < 1.29 is 21.2 Å². The monoisotopic (exact) mass is 411 g/mol. The lowest BCUT2D eigenvalue weighted by Gasteiger charge is -2.38. The molecule has 1 fully saturated rings. The number of rotatable bonds is 4. The van der Waals surface area contributed by atoms with Gasteiger partial charge in [0.2, 0.25) is 10.0 Å². The molecule has 0 amide bonds. The summed E-state index contributed by atoms with van der Waals surface area (Å²) in [4.78, 5) is 0.266. The van der Waals surface area contributed by atoms with Crippen LogP contribution in [0.2, 0.25) is 0 Å². The molecule has 27 heavy (non-hydrogen) atoms. The summed E-state index contributed by atoms with van der Waals surface area (Å²) in [7, 11) is -7.49. The Kier molecular flexibility index (Phi) is 4.95. The van der Waals surface area contributed by atoms with Gasteiger partial charge in [0.1, 0.15) is 5.82 Å². The van der Waals surface area contributed by atoms with Gasteiger partial charge >= 0.3 is 0 Å². The van der Waals surface area contributed by atoms with Crippen LogP contribution in [0.25, 0.3) is 0 Å². The van der Waals surface area contributed by atoms with Crippen LogP contribution in [0, 0.1) is 33.5 Å². The first kappa shape index (κ1) is 20.0. The summed E-state index contributed by atoms with van der Waals surface area (Å²) >= 11 is 0. The van der Waals surface area contributed by atoms with E-state index in [0.717, 1.165) is 23.3 Å².